The Morgan fingerprint density at radius 1 is 1.12 bits per heavy atom. The number of ether oxygens (including phenoxy) is 1. The number of benzene rings is 3. The minimum atomic E-state index is -0.995. The molecule has 1 aliphatic rings. The van der Waals surface area contributed by atoms with E-state index in [4.69, 9.17) is 16.3 Å². The molecule has 0 bridgehead atoms. The summed E-state index contributed by atoms with van der Waals surface area (Å²) < 4.78 is 19.5. The molecule has 1 aromatic heterocycles. The third-order valence-electron chi connectivity index (χ3n) is 5.98. The maximum Gasteiger partial charge on any atom is 0.301 e. The molecule has 0 saturated carbocycles. The van der Waals surface area contributed by atoms with E-state index in [1.807, 2.05) is 0 Å². The van der Waals surface area contributed by atoms with Gasteiger partial charge in [-0.1, -0.05) is 71.6 Å². The zero-order chi connectivity index (χ0) is 28.2. The molecule has 7 nitrogen and oxygen atoms in total. The van der Waals surface area contributed by atoms with E-state index in [1.54, 1.807) is 66.7 Å². The molecule has 40 heavy (non-hydrogen) atoms. The van der Waals surface area contributed by atoms with Crippen LogP contribution in [-0.2, 0) is 15.3 Å². The lowest BCUT2D eigenvalue weighted by Crippen LogP contribution is -2.29. The largest absolute Gasteiger partial charge is 0.507 e. The molecule has 5 rings (SSSR count). The van der Waals surface area contributed by atoms with E-state index in [1.165, 1.54) is 28.8 Å². The van der Waals surface area contributed by atoms with Gasteiger partial charge in [-0.2, -0.15) is 0 Å². The SMILES string of the molecule is C=CCOc1cccc(C2C(=C(O)c3ccc(Cl)cc3)C(=O)C(=O)N2c2nnc(SCc3ccc(F)cc3)s2)c1. The van der Waals surface area contributed by atoms with Crippen LogP contribution in [0.5, 0.6) is 5.75 Å². The van der Waals surface area contributed by atoms with Crippen LogP contribution in [0.15, 0.2) is 95.4 Å². The Morgan fingerprint density at radius 3 is 2.60 bits per heavy atom. The van der Waals surface area contributed by atoms with E-state index in [0.717, 1.165) is 16.9 Å². The minimum Gasteiger partial charge on any atom is -0.507 e. The van der Waals surface area contributed by atoms with Crippen molar-refractivity contribution in [3.8, 4) is 5.75 Å². The molecular formula is C29H21ClFN3O4S2. The summed E-state index contributed by atoms with van der Waals surface area (Å²) in [5, 5.41) is 20.3. The smallest absolute Gasteiger partial charge is 0.301 e. The lowest BCUT2D eigenvalue weighted by Gasteiger charge is -2.23. The molecule has 2 heterocycles. The molecule has 1 fully saturated rings. The van der Waals surface area contributed by atoms with Crippen LogP contribution in [0.4, 0.5) is 9.52 Å². The first-order chi connectivity index (χ1) is 19.4. The molecule has 0 radical (unpaired) electrons. The fraction of sp³-hybridized carbons (Fsp3) is 0.103. The summed E-state index contributed by atoms with van der Waals surface area (Å²) in [6.07, 6.45) is 1.60. The van der Waals surface area contributed by atoms with Crippen molar-refractivity contribution in [2.45, 2.75) is 16.1 Å². The van der Waals surface area contributed by atoms with Gasteiger partial charge >= 0.3 is 5.91 Å². The Hall–Kier alpha value is -3.99. The molecule has 1 unspecified atom stereocenters. The number of hydrogen-bond acceptors (Lipinski definition) is 8. The number of hydrogen-bond donors (Lipinski definition) is 1. The number of nitrogens with zero attached hydrogens (tertiary/aromatic N) is 3. The highest BCUT2D eigenvalue weighted by Gasteiger charge is 2.48. The summed E-state index contributed by atoms with van der Waals surface area (Å²) in [6.45, 7) is 3.92. The van der Waals surface area contributed by atoms with Crippen molar-refractivity contribution in [3.05, 3.63) is 119 Å². The van der Waals surface area contributed by atoms with Crippen LogP contribution in [0, 0.1) is 5.82 Å². The Kier molecular flexibility index (Phi) is 8.29. The summed E-state index contributed by atoms with van der Waals surface area (Å²) in [5.41, 5.74) is 1.66. The second kappa shape index (κ2) is 12.0. The molecule has 0 aliphatic carbocycles. The highest BCUT2D eigenvalue weighted by Crippen LogP contribution is 2.44. The third kappa shape index (κ3) is 5.79. The van der Waals surface area contributed by atoms with Crippen LogP contribution >= 0.6 is 34.7 Å². The fourth-order valence-corrected chi connectivity index (χ4v) is 6.07. The summed E-state index contributed by atoms with van der Waals surface area (Å²) in [7, 11) is 0. The number of aliphatic hydroxyl groups is 1. The first kappa shape index (κ1) is 27.6. The Morgan fingerprint density at radius 2 is 1.88 bits per heavy atom. The van der Waals surface area contributed by atoms with Crippen LogP contribution in [-0.4, -0.2) is 33.6 Å². The molecule has 0 spiro atoms. The predicted molar refractivity (Wildman–Crippen MR) is 154 cm³/mol. The van der Waals surface area contributed by atoms with Crippen LogP contribution in [0.1, 0.15) is 22.7 Å². The average molecular weight is 594 g/mol. The third-order valence-corrected chi connectivity index (χ3v) is 8.36. The number of aromatic nitrogens is 2. The van der Waals surface area contributed by atoms with Gasteiger partial charge in [0, 0.05) is 16.3 Å². The van der Waals surface area contributed by atoms with Crippen molar-refractivity contribution in [1.82, 2.24) is 10.2 Å². The van der Waals surface area contributed by atoms with Crippen molar-refractivity contribution >= 4 is 57.3 Å². The number of Topliss-reactive ketones (excluding diaryl/α,β-unsaturated/α-hetero) is 1. The zero-order valence-electron chi connectivity index (χ0n) is 20.8. The van der Waals surface area contributed by atoms with Gasteiger partial charge in [-0.15, -0.1) is 10.2 Å². The van der Waals surface area contributed by atoms with Gasteiger partial charge in [0.25, 0.3) is 5.78 Å². The molecule has 1 atom stereocenters. The Balaban J connectivity index is 1.54. The standard InChI is InChI=1S/C29H21ClFN3O4S2/c1-2-14-38-22-5-3-4-19(15-22)24-23(25(35)18-8-10-20(30)11-9-18)26(36)27(37)34(24)28-32-33-29(40-28)39-16-17-6-12-21(31)13-7-17/h2-13,15,24,35H,1,14,16H2. The Bertz CT molecular complexity index is 1610. The van der Waals surface area contributed by atoms with Gasteiger partial charge in [0.1, 0.15) is 23.9 Å². The summed E-state index contributed by atoms with van der Waals surface area (Å²) in [4.78, 5) is 28.1. The second-order valence-corrected chi connectivity index (χ2v) is 11.2. The Labute approximate surface area is 242 Å². The van der Waals surface area contributed by atoms with Gasteiger partial charge in [0.15, 0.2) is 4.34 Å². The van der Waals surface area contributed by atoms with Crippen LogP contribution in [0.2, 0.25) is 5.02 Å². The summed E-state index contributed by atoms with van der Waals surface area (Å²) in [5.74, 6) is -1.34. The summed E-state index contributed by atoms with van der Waals surface area (Å²) in [6, 6.07) is 18.4. The number of amides is 1. The molecule has 1 N–H and O–H groups in total. The van der Waals surface area contributed by atoms with Crippen LogP contribution < -0.4 is 9.64 Å². The maximum atomic E-state index is 13.4. The van der Waals surface area contributed by atoms with Gasteiger partial charge in [-0.05, 0) is 59.7 Å². The molecule has 11 heteroatoms. The topological polar surface area (TPSA) is 92.6 Å². The fourth-order valence-electron chi connectivity index (χ4n) is 4.12. The van der Waals surface area contributed by atoms with E-state index in [2.05, 4.69) is 16.8 Å². The first-order valence-electron chi connectivity index (χ1n) is 12.0. The van der Waals surface area contributed by atoms with Crippen LogP contribution in [0.3, 0.4) is 0 Å². The number of ketones is 1. The van der Waals surface area contributed by atoms with E-state index in [0.29, 0.717) is 32.0 Å². The predicted octanol–water partition coefficient (Wildman–Crippen LogP) is 6.81. The van der Waals surface area contributed by atoms with Crippen molar-refractivity contribution < 1.29 is 23.8 Å². The van der Waals surface area contributed by atoms with Crippen LogP contribution in [0.25, 0.3) is 5.76 Å². The average Bonchev–Trinajstić information content (AvgIpc) is 3.53. The number of aliphatic hydroxyl groups excluding tert-OH is 1. The van der Waals surface area contributed by atoms with Crippen molar-refractivity contribution in [2.24, 2.45) is 0 Å². The maximum absolute atomic E-state index is 13.4. The normalized spacial score (nSPS) is 16.4. The molecule has 1 saturated heterocycles. The molecule has 4 aromatic rings. The zero-order valence-corrected chi connectivity index (χ0v) is 23.2. The van der Waals surface area contributed by atoms with Crippen molar-refractivity contribution in [2.75, 3.05) is 11.5 Å². The van der Waals surface area contributed by atoms with Crippen molar-refractivity contribution in [3.63, 3.8) is 0 Å². The molecule has 3 aromatic carbocycles. The van der Waals surface area contributed by atoms with Gasteiger partial charge in [0.2, 0.25) is 5.13 Å². The second-order valence-electron chi connectivity index (χ2n) is 8.61. The van der Waals surface area contributed by atoms with Gasteiger partial charge in [0.05, 0.1) is 11.6 Å². The number of rotatable bonds is 9. The van der Waals surface area contributed by atoms with Gasteiger partial charge < -0.3 is 9.84 Å². The van der Waals surface area contributed by atoms with E-state index in [9.17, 15) is 19.1 Å². The minimum absolute atomic E-state index is 0.0936. The molecule has 202 valence electrons. The highest BCUT2D eigenvalue weighted by atomic mass is 35.5. The molecular weight excluding hydrogens is 573 g/mol. The van der Waals surface area contributed by atoms with E-state index in [-0.39, 0.29) is 28.9 Å². The number of halogens is 2. The quantitative estimate of drug-likeness (QED) is 0.0569. The molecule has 1 amide bonds. The van der Waals surface area contributed by atoms with Crippen molar-refractivity contribution in [1.29, 1.82) is 0 Å². The van der Waals surface area contributed by atoms with E-state index >= 15 is 0 Å². The monoisotopic (exact) mass is 593 g/mol. The number of carbonyl (C=O) groups is 2. The number of thioether (sulfide) groups is 1. The summed E-state index contributed by atoms with van der Waals surface area (Å²) >= 11 is 8.52. The number of carbonyl (C=O) groups excluding carboxylic acids is 2. The lowest BCUT2D eigenvalue weighted by atomic mass is 9.95. The number of anilines is 1. The lowest BCUT2D eigenvalue weighted by molar-refractivity contribution is -0.132. The first-order valence-corrected chi connectivity index (χ1v) is 14.1. The van der Waals surface area contributed by atoms with Gasteiger partial charge in [-0.3, -0.25) is 14.5 Å². The molecule has 1 aliphatic heterocycles. The van der Waals surface area contributed by atoms with E-state index < -0.39 is 17.7 Å². The van der Waals surface area contributed by atoms with Gasteiger partial charge in [-0.25, -0.2) is 4.39 Å². The highest BCUT2D eigenvalue weighted by molar-refractivity contribution is 8.00.